The maximum Gasteiger partial charge on any atom is 0.303 e. The number of carbonyl (C=O) groups excluding carboxylic acids is 1. The molecule has 1 saturated heterocycles. The van der Waals surface area contributed by atoms with Crippen molar-refractivity contribution in [2.45, 2.75) is 12.8 Å². The fourth-order valence-corrected chi connectivity index (χ4v) is 4.55. The van der Waals surface area contributed by atoms with Gasteiger partial charge >= 0.3 is 5.97 Å². The minimum Gasteiger partial charge on any atom is -0.481 e. The van der Waals surface area contributed by atoms with Crippen molar-refractivity contribution in [3.05, 3.63) is 77.3 Å². The minimum atomic E-state index is -0.887. The van der Waals surface area contributed by atoms with Crippen molar-refractivity contribution in [3.8, 4) is 16.9 Å². The molecule has 0 unspecified atom stereocenters. The second kappa shape index (κ2) is 9.28. The number of benzene rings is 2. The van der Waals surface area contributed by atoms with Crippen molar-refractivity contribution in [2.24, 2.45) is 0 Å². The number of aliphatic carboxylic acids is 1. The lowest BCUT2D eigenvalue weighted by molar-refractivity contribution is -0.137. The van der Waals surface area contributed by atoms with Crippen LogP contribution in [0.4, 0.5) is 0 Å². The zero-order valence-corrected chi connectivity index (χ0v) is 18.1. The van der Waals surface area contributed by atoms with Gasteiger partial charge in [0, 0.05) is 30.3 Å². The van der Waals surface area contributed by atoms with Crippen LogP contribution in [0, 0.1) is 0 Å². The molecule has 1 amide bonds. The van der Waals surface area contributed by atoms with Gasteiger partial charge in [0.2, 0.25) is 0 Å². The second-order valence-electron chi connectivity index (χ2n) is 6.91. The van der Waals surface area contributed by atoms with Gasteiger partial charge in [-0.1, -0.05) is 72.5 Å². The van der Waals surface area contributed by atoms with E-state index in [4.69, 9.17) is 22.4 Å². The molecule has 2 aromatic carbocycles. The number of para-hydroxylation sites is 1. The molecule has 1 aliphatic rings. The average molecular weight is 450 g/mol. The molecule has 0 atom stereocenters. The van der Waals surface area contributed by atoms with Gasteiger partial charge in [-0.05, 0) is 24.6 Å². The maximum atomic E-state index is 12.9. The molecule has 1 N–H and O–H groups in total. The number of carbonyl (C=O) groups is 2. The van der Waals surface area contributed by atoms with Crippen LogP contribution in [0.1, 0.15) is 18.4 Å². The van der Waals surface area contributed by atoms with E-state index in [1.807, 2.05) is 72.9 Å². The highest BCUT2D eigenvalue weighted by atomic mass is 32.2. The lowest BCUT2D eigenvalue weighted by Gasteiger charge is -2.13. The number of amides is 1. The van der Waals surface area contributed by atoms with Gasteiger partial charge in [-0.3, -0.25) is 14.5 Å². The first-order chi connectivity index (χ1) is 15.0. The van der Waals surface area contributed by atoms with Crippen LogP contribution in [0.2, 0.25) is 0 Å². The molecule has 1 aliphatic heterocycles. The number of rotatable bonds is 7. The van der Waals surface area contributed by atoms with E-state index < -0.39 is 5.97 Å². The molecular formula is C23H19N3O3S2. The van der Waals surface area contributed by atoms with Crippen LogP contribution in [0.25, 0.3) is 23.0 Å². The van der Waals surface area contributed by atoms with Gasteiger partial charge in [-0.15, -0.1) is 0 Å². The van der Waals surface area contributed by atoms with Crippen LogP contribution in [0.15, 0.2) is 71.8 Å². The van der Waals surface area contributed by atoms with Crippen molar-refractivity contribution in [1.82, 2.24) is 14.7 Å². The Morgan fingerprint density at radius 2 is 1.77 bits per heavy atom. The fourth-order valence-electron chi connectivity index (χ4n) is 3.25. The first-order valence-corrected chi connectivity index (χ1v) is 10.9. The van der Waals surface area contributed by atoms with Crippen LogP contribution < -0.4 is 0 Å². The van der Waals surface area contributed by atoms with Crippen molar-refractivity contribution < 1.29 is 14.7 Å². The van der Waals surface area contributed by atoms with E-state index in [1.165, 1.54) is 16.7 Å². The normalized spacial score (nSPS) is 15.1. The summed E-state index contributed by atoms with van der Waals surface area (Å²) in [5.41, 5.74) is 3.43. The van der Waals surface area contributed by atoms with E-state index in [0.717, 1.165) is 22.5 Å². The summed E-state index contributed by atoms with van der Waals surface area (Å²) in [4.78, 5) is 25.6. The smallest absolute Gasteiger partial charge is 0.303 e. The molecule has 2 heterocycles. The Kier molecular flexibility index (Phi) is 6.29. The first kappa shape index (κ1) is 21.0. The molecule has 0 aliphatic carbocycles. The zero-order chi connectivity index (χ0) is 21.8. The Balaban J connectivity index is 1.68. The fraction of sp³-hybridized carbons (Fsp3) is 0.130. The summed E-state index contributed by atoms with van der Waals surface area (Å²) in [6.45, 7) is 0.295. The molecule has 0 saturated carbocycles. The summed E-state index contributed by atoms with van der Waals surface area (Å²) in [6, 6.07) is 19.6. The molecule has 0 radical (unpaired) electrons. The van der Waals surface area contributed by atoms with Gasteiger partial charge in [0.25, 0.3) is 5.91 Å². The number of nitrogens with zero attached hydrogens (tertiary/aromatic N) is 3. The van der Waals surface area contributed by atoms with Gasteiger partial charge in [-0.25, -0.2) is 4.68 Å². The van der Waals surface area contributed by atoms with E-state index >= 15 is 0 Å². The molecular weight excluding hydrogens is 430 g/mol. The number of carboxylic acids is 1. The number of thioether (sulfide) groups is 1. The molecule has 4 rings (SSSR count). The average Bonchev–Trinajstić information content (AvgIpc) is 3.31. The highest BCUT2D eigenvalue weighted by Gasteiger charge is 2.32. The van der Waals surface area contributed by atoms with Crippen LogP contribution >= 0.6 is 24.0 Å². The standard InChI is InChI=1S/C23H19N3O3S2/c27-20(28)12-7-13-25-22(29)19(31-23(25)30)14-17-15-26(18-10-5-2-6-11-18)24-21(17)16-8-3-1-4-9-16/h1-6,8-11,14-15H,7,12-13H2,(H,27,28)/b19-14+. The summed E-state index contributed by atoms with van der Waals surface area (Å²) in [5.74, 6) is -1.09. The number of thiocarbonyl (C=S) groups is 1. The van der Waals surface area contributed by atoms with Crippen LogP contribution in [0.5, 0.6) is 0 Å². The van der Waals surface area contributed by atoms with E-state index in [1.54, 1.807) is 4.68 Å². The quantitative estimate of drug-likeness (QED) is 0.420. The lowest BCUT2D eigenvalue weighted by atomic mass is 10.1. The van der Waals surface area contributed by atoms with Gasteiger partial charge in [0.15, 0.2) is 0 Å². The predicted molar refractivity (Wildman–Crippen MR) is 126 cm³/mol. The Bertz CT molecular complexity index is 1160. The molecule has 0 spiro atoms. The highest BCUT2D eigenvalue weighted by molar-refractivity contribution is 8.26. The number of carboxylic acid groups (broad SMARTS) is 1. The molecule has 31 heavy (non-hydrogen) atoms. The largest absolute Gasteiger partial charge is 0.481 e. The SMILES string of the molecule is O=C(O)CCCN1C(=O)/C(=C\c2cn(-c3ccccc3)nc2-c2ccccc2)SC1=S. The Labute approximate surface area is 189 Å². The van der Waals surface area contributed by atoms with Gasteiger partial charge in [0.05, 0.1) is 16.3 Å². The lowest BCUT2D eigenvalue weighted by Crippen LogP contribution is -2.29. The molecule has 156 valence electrons. The predicted octanol–water partition coefficient (Wildman–Crippen LogP) is 4.61. The molecule has 1 aromatic heterocycles. The topological polar surface area (TPSA) is 75.4 Å². The van der Waals surface area contributed by atoms with E-state index in [2.05, 4.69) is 0 Å². The van der Waals surface area contributed by atoms with E-state index in [9.17, 15) is 9.59 Å². The molecule has 0 bridgehead atoms. The van der Waals surface area contributed by atoms with Crippen LogP contribution in [-0.2, 0) is 9.59 Å². The van der Waals surface area contributed by atoms with Crippen molar-refractivity contribution in [1.29, 1.82) is 0 Å². The van der Waals surface area contributed by atoms with E-state index in [0.29, 0.717) is 22.2 Å². The van der Waals surface area contributed by atoms with Gasteiger partial charge in [0.1, 0.15) is 4.32 Å². The van der Waals surface area contributed by atoms with Crippen molar-refractivity contribution in [2.75, 3.05) is 6.54 Å². The third-order valence-electron chi connectivity index (χ3n) is 4.74. The van der Waals surface area contributed by atoms with Gasteiger partial charge in [-0.2, -0.15) is 5.10 Å². The third kappa shape index (κ3) is 4.76. The summed E-state index contributed by atoms with van der Waals surface area (Å²) >= 11 is 6.59. The maximum absolute atomic E-state index is 12.9. The number of aromatic nitrogens is 2. The summed E-state index contributed by atoms with van der Waals surface area (Å²) in [7, 11) is 0. The number of hydrogen-bond donors (Lipinski definition) is 1. The Hall–Kier alpha value is -3.23. The van der Waals surface area contributed by atoms with Crippen LogP contribution in [-0.4, -0.2) is 42.5 Å². The summed E-state index contributed by atoms with van der Waals surface area (Å²) in [6.07, 6.45) is 4.06. The zero-order valence-electron chi connectivity index (χ0n) is 16.5. The Morgan fingerprint density at radius 3 is 2.45 bits per heavy atom. The highest BCUT2D eigenvalue weighted by Crippen LogP contribution is 2.35. The third-order valence-corrected chi connectivity index (χ3v) is 6.12. The second-order valence-corrected chi connectivity index (χ2v) is 8.59. The monoisotopic (exact) mass is 449 g/mol. The molecule has 3 aromatic rings. The summed E-state index contributed by atoms with van der Waals surface area (Å²) in [5, 5.41) is 13.6. The Morgan fingerprint density at radius 1 is 1.10 bits per heavy atom. The molecule has 6 nitrogen and oxygen atoms in total. The van der Waals surface area contributed by atoms with Crippen molar-refractivity contribution in [3.63, 3.8) is 0 Å². The van der Waals surface area contributed by atoms with E-state index in [-0.39, 0.29) is 12.3 Å². The molecule has 8 heteroatoms. The number of hydrogen-bond acceptors (Lipinski definition) is 5. The summed E-state index contributed by atoms with van der Waals surface area (Å²) < 4.78 is 2.24. The molecule has 1 fully saturated rings. The first-order valence-electron chi connectivity index (χ1n) is 9.70. The van der Waals surface area contributed by atoms with Crippen LogP contribution in [0.3, 0.4) is 0 Å². The van der Waals surface area contributed by atoms with Crippen molar-refractivity contribution >= 4 is 46.3 Å². The van der Waals surface area contributed by atoms with Gasteiger partial charge < -0.3 is 5.11 Å². The minimum absolute atomic E-state index is 0.00188.